The Kier molecular flexibility index (Phi) is 3.09. The summed E-state index contributed by atoms with van der Waals surface area (Å²) in [5.74, 6) is 6.29. The van der Waals surface area contributed by atoms with Crippen molar-refractivity contribution in [1.82, 2.24) is 4.98 Å². The lowest BCUT2D eigenvalue weighted by Gasteiger charge is -1.95. The van der Waals surface area contributed by atoms with Crippen LogP contribution in [0.5, 0.6) is 0 Å². The zero-order valence-corrected chi connectivity index (χ0v) is 9.20. The van der Waals surface area contributed by atoms with Crippen LogP contribution >= 0.6 is 11.6 Å². The van der Waals surface area contributed by atoms with Gasteiger partial charge < -0.3 is 5.73 Å². The number of hydrogen-bond acceptors (Lipinski definition) is 2. The predicted octanol–water partition coefficient (Wildman–Crippen LogP) is 2.72. The molecule has 0 bridgehead atoms. The van der Waals surface area contributed by atoms with Crippen LogP contribution in [0.2, 0.25) is 5.02 Å². The molecule has 0 amide bonds. The minimum atomic E-state index is 0.380. The van der Waals surface area contributed by atoms with Gasteiger partial charge in [-0.25, -0.2) is 4.98 Å². The highest BCUT2D eigenvalue weighted by molar-refractivity contribution is 6.30. The third-order valence-corrected chi connectivity index (χ3v) is 2.14. The monoisotopic (exact) mass is 228 g/mol. The second kappa shape index (κ2) is 4.69. The zero-order valence-electron chi connectivity index (χ0n) is 8.44. The summed E-state index contributed by atoms with van der Waals surface area (Å²) in [5, 5.41) is 0.546. The van der Waals surface area contributed by atoms with E-state index >= 15 is 0 Å². The normalized spacial score (nSPS) is 9.31. The second-order valence-electron chi connectivity index (χ2n) is 3.21. The maximum atomic E-state index is 5.84. The Balaban J connectivity index is 2.31. The third-order valence-electron chi connectivity index (χ3n) is 1.92. The molecule has 0 atom stereocenters. The lowest BCUT2D eigenvalue weighted by atomic mass is 10.2. The number of anilines is 1. The molecule has 0 saturated heterocycles. The second-order valence-corrected chi connectivity index (χ2v) is 3.65. The smallest absolute Gasteiger partial charge is 0.126 e. The van der Waals surface area contributed by atoms with E-state index in [1.54, 1.807) is 12.1 Å². The van der Waals surface area contributed by atoms with Crippen molar-refractivity contribution in [3.63, 3.8) is 0 Å². The Bertz CT molecular complexity index is 533. The molecule has 0 spiro atoms. The molecular formula is C13H9ClN2. The Morgan fingerprint density at radius 2 is 1.81 bits per heavy atom. The van der Waals surface area contributed by atoms with Crippen molar-refractivity contribution in [1.29, 1.82) is 0 Å². The summed E-state index contributed by atoms with van der Waals surface area (Å²) in [6.07, 6.45) is 0. The topological polar surface area (TPSA) is 38.9 Å². The average Bonchev–Trinajstić information content (AvgIpc) is 2.27. The van der Waals surface area contributed by atoms with E-state index in [9.17, 15) is 0 Å². The molecule has 2 rings (SSSR count). The Hall–Kier alpha value is -1.98. The molecule has 0 saturated carbocycles. The summed E-state index contributed by atoms with van der Waals surface area (Å²) >= 11 is 5.84. The number of benzene rings is 1. The molecule has 1 aromatic carbocycles. The molecular weight excluding hydrogens is 220 g/mol. The summed E-state index contributed by atoms with van der Waals surface area (Å²) in [7, 11) is 0. The molecule has 3 heteroatoms. The van der Waals surface area contributed by atoms with Gasteiger partial charge in [0, 0.05) is 10.6 Å². The van der Waals surface area contributed by atoms with Gasteiger partial charge in [0.15, 0.2) is 0 Å². The number of nitrogens with two attached hydrogens (primary N) is 1. The first kappa shape index (κ1) is 10.5. The molecule has 1 heterocycles. The van der Waals surface area contributed by atoms with Gasteiger partial charge in [0.05, 0.1) is 0 Å². The van der Waals surface area contributed by atoms with E-state index in [2.05, 4.69) is 16.8 Å². The zero-order chi connectivity index (χ0) is 11.4. The minimum absolute atomic E-state index is 0.380. The fourth-order valence-corrected chi connectivity index (χ4v) is 1.45. The number of aromatic nitrogens is 1. The molecule has 78 valence electrons. The lowest BCUT2D eigenvalue weighted by Crippen LogP contribution is -1.92. The van der Waals surface area contributed by atoms with Gasteiger partial charge in [-0.3, -0.25) is 0 Å². The van der Waals surface area contributed by atoms with Crippen molar-refractivity contribution in [3.05, 3.63) is 58.7 Å². The van der Waals surface area contributed by atoms with E-state index in [1.807, 2.05) is 30.3 Å². The lowest BCUT2D eigenvalue weighted by molar-refractivity contribution is 1.30. The maximum absolute atomic E-state index is 5.84. The van der Waals surface area contributed by atoms with Crippen LogP contribution in [0.4, 0.5) is 5.82 Å². The van der Waals surface area contributed by atoms with Crippen molar-refractivity contribution in [3.8, 4) is 11.8 Å². The summed E-state index contributed by atoms with van der Waals surface area (Å²) in [6, 6.07) is 13.0. The van der Waals surface area contributed by atoms with E-state index in [4.69, 9.17) is 17.3 Å². The van der Waals surface area contributed by atoms with E-state index in [0.717, 1.165) is 5.56 Å². The summed E-state index contributed by atoms with van der Waals surface area (Å²) in [6.45, 7) is 0. The fourth-order valence-electron chi connectivity index (χ4n) is 1.24. The van der Waals surface area contributed by atoms with Crippen LogP contribution in [0.1, 0.15) is 11.3 Å². The van der Waals surface area contributed by atoms with Gasteiger partial charge in [-0.15, -0.1) is 0 Å². The van der Waals surface area contributed by atoms with Crippen LogP contribution in [0.25, 0.3) is 0 Å². The first-order chi connectivity index (χ1) is 7.74. The number of pyridine rings is 1. The van der Waals surface area contributed by atoms with Crippen LogP contribution in [0.15, 0.2) is 42.5 Å². The fraction of sp³-hybridized carbons (Fsp3) is 0. The highest BCUT2D eigenvalue weighted by atomic mass is 35.5. The predicted molar refractivity (Wildman–Crippen MR) is 66.1 cm³/mol. The van der Waals surface area contributed by atoms with Gasteiger partial charge >= 0.3 is 0 Å². The summed E-state index contributed by atoms with van der Waals surface area (Å²) < 4.78 is 0. The molecule has 0 aliphatic rings. The number of nitrogen functional groups attached to an aromatic ring is 1. The van der Waals surface area contributed by atoms with Crippen molar-refractivity contribution in [2.24, 2.45) is 0 Å². The standard InChI is InChI=1S/C13H9ClN2/c14-11-8-12(16-13(15)9-11)7-6-10-4-2-1-3-5-10/h1-5,8-9H,(H2,15,16). The van der Waals surface area contributed by atoms with E-state index in [1.165, 1.54) is 0 Å². The first-order valence-corrected chi connectivity index (χ1v) is 5.12. The SMILES string of the molecule is Nc1cc(Cl)cc(C#Cc2ccccc2)n1. The van der Waals surface area contributed by atoms with Gasteiger partial charge in [-0.1, -0.05) is 35.7 Å². The van der Waals surface area contributed by atoms with Crippen molar-refractivity contribution >= 4 is 17.4 Å². The Morgan fingerprint density at radius 3 is 2.50 bits per heavy atom. The average molecular weight is 229 g/mol. The van der Waals surface area contributed by atoms with E-state index in [0.29, 0.717) is 16.5 Å². The number of nitrogens with zero attached hydrogens (tertiary/aromatic N) is 1. The summed E-state index contributed by atoms with van der Waals surface area (Å²) in [5.41, 5.74) is 7.08. The van der Waals surface area contributed by atoms with Gasteiger partial charge in [0.1, 0.15) is 11.5 Å². The molecule has 0 radical (unpaired) electrons. The Morgan fingerprint density at radius 1 is 1.06 bits per heavy atom. The van der Waals surface area contributed by atoms with Gasteiger partial charge in [0.2, 0.25) is 0 Å². The maximum Gasteiger partial charge on any atom is 0.126 e. The van der Waals surface area contributed by atoms with Crippen LogP contribution < -0.4 is 5.73 Å². The van der Waals surface area contributed by atoms with Crippen molar-refractivity contribution < 1.29 is 0 Å². The first-order valence-electron chi connectivity index (χ1n) is 4.74. The quantitative estimate of drug-likeness (QED) is 0.705. The van der Waals surface area contributed by atoms with Gasteiger partial charge in [-0.2, -0.15) is 0 Å². The molecule has 0 aliphatic carbocycles. The minimum Gasteiger partial charge on any atom is -0.384 e. The molecule has 0 aliphatic heterocycles. The van der Waals surface area contributed by atoms with Gasteiger partial charge in [-0.05, 0) is 30.2 Å². The van der Waals surface area contributed by atoms with Crippen LogP contribution in [-0.2, 0) is 0 Å². The molecule has 1 aromatic heterocycles. The highest BCUT2D eigenvalue weighted by Gasteiger charge is 1.95. The van der Waals surface area contributed by atoms with Crippen molar-refractivity contribution in [2.45, 2.75) is 0 Å². The largest absolute Gasteiger partial charge is 0.384 e. The van der Waals surface area contributed by atoms with Crippen LogP contribution in [0, 0.1) is 11.8 Å². The van der Waals surface area contributed by atoms with E-state index < -0.39 is 0 Å². The molecule has 0 fully saturated rings. The number of hydrogen-bond donors (Lipinski definition) is 1. The molecule has 0 unspecified atom stereocenters. The van der Waals surface area contributed by atoms with Crippen LogP contribution in [-0.4, -0.2) is 4.98 Å². The molecule has 16 heavy (non-hydrogen) atoms. The van der Waals surface area contributed by atoms with E-state index in [-0.39, 0.29) is 0 Å². The molecule has 2 N–H and O–H groups in total. The molecule has 2 aromatic rings. The van der Waals surface area contributed by atoms with Crippen LogP contribution in [0.3, 0.4) is 0 Å². The summed E-state index contributed by atoms with van der Waals surface area (Å²) in [4.78, 5) is 4.07. The van der Waals surface area contributed by atoms with Crippen molar-refractivity contribution in [2.75, 3.05) is 5.73 Å². The molecule has 2 nitrogen and oxygen atoms in total. The highest BCUT2D eigenvalue weighted by Crippen LogP contribution is 2.12. The number of rotatable bonds is 0. The Labute approximate surface area is 99.1 Å². The third kappa shape index (κ3) is 2.75. The number of halogens is 1. The van der Waals surface area contributed by atoms with Gasteiger partial charge in [0.25, 0.3) is 0 Å².